The first-order chi connectivity index (χ1) is 16.3. The van der Waals surface area contributed by atoms with Gasteiger partial charge in [0.1, 0.15) is 5.82 Å². The van der Waals surface area contributed by atoms with Gasteiger partial charge in [0.05, 0.1) is 22.5 Å². The molecule has 2 heterocycles. The summed E-state index contributed by atoms with van der Waals surface area (Å²) in [5.74, 6) is -0.272. The number of rotatable bonds is 9. The number of aryl methyl sites for hydroxylation is 1. The summed E-state index contributed by atoms with van der Waals surface area (Å²) in [7, 11) is 1.58. The number of benzene rings is 2. The summed E-state index contributed by atoms with van der Waals surface area (Å²) in [5.41, 5.74) is 2.29. The molecule has 0 spiro atoms. The summed E-state index contributed by atoms with van der Waals surface area (Å²) in [6.07, 6.45) is 0.397. The number of fused-ring (bicyclic) bond motifs is 1. The van der Waals surface area contributed by atoms with Gasteiger partial charge in [-0.05, 0) is 43.5 Å². The molecular weight excluding hydrogens is 432 g/mol. The molecule has 0 aliphatic carbocycles. The second kappa shape index (κ2) is 9.77. The molecule has 0 radical (unpaired) electrons. The monoisotopic (exact) mass is 462 g/mol. The number of hydrogen-bond acceptors (Lipinski definition) is 5. The number of carbonyl (C=O) groups excluding carboxylic acids is 3. The van der Waals surface area contributed by atoms with E-state index < -0.39 is 11.5 Å². The van der Waals surface area contributed by atoms with Crippen LogP contribution in [0.5, 0.6) is 0 Å². The molecule has 1 aromatic heterocycles. The Morgan fingerprint density at radius 1 is 1.24 bits per heavy atom. The molecule has 2 atom stereocenters. The molecule has 3 amide bonds. The van der Waals surface area contributed by atoms with Crippen LogP contribution in [0.2, 0.25) is 0 Å². The van der Waals surface area contributed by atoms with E-state index in [-0.39, 0.29) is 37.1 Å². The molecule has 34 heavy (non-hydrogen) atoms. The Hall–Kier alpha value is -3.52. The van der Waals surface area contributed by atoms with Gasteiger partial charge in [0.25, 0.3) is 0 Å². The number of ether oxygens (including phenoxy) is 1. The highest BCUT2D eigenvalue weighted by molar-refractivity contribution is 6.10. The van der Waals surface area contributed by atoms with Gasteiger partial charge in [-0.2, -0.15) is 0 Å². The van der Waals surface area contributed by atoms with Crippen molar-refractivity contribution in [3.8, 4) is 0 Å². The van der Waals surface area contributed by atoms with Crippen LogP contribution in [0.15, 0.2) is 48.5 Å². The second-order valence-corrected chi connectivity index (χ2v) is 8.93. The number of hydrogen-bond donors (Lipinski definition) is 2. The number of aromatic amines is 1. The smallest absolute Gasteiger partial charge is 0.240 e. The number of carbonyl (C=O) groups is 3. The minimum atomic E-state index is -1.22. The fourth-order valence-electron chi connectivity index (χ4n) is 4.60. The van der Waals surface area contributed by atoms with E-state index in [2.05, 4.69) is 15.3 Å². The van der Waals surface area contributed by atoms with Crippen LogP contribution in [0.25, 0.3) is 11.0 Å². The van der Waals surface area contributed by atoms with Crippen LogP contribution in [0.1, 0.15) is 49.2 Å². The third-order valence-electron chi connectivity index (χ3n) is 6.37. The number of nitrogens with one attached hydrogen (secondary N) is 2. The standard InChI is InChI=1S/C26H30N4O4/c1-17-10-11-20-21(14-17)29-24(28-20)18(2)27-22(31)15-26(19-8-5-4-6-9-19)16-23(32)30(25(26)33)12-7-13-34-3/h4-6,8-11,14,18H,7,12-13,15-16H2,1-3H3,(H,27,31)(H,28,29)/t18-,26-/m0/s1. The molecule has 8 nitrogen and oxygen atoms in total. The summed E-state index contributed by atoms with van der Waals surface area (Å²) in [5, 5.41) is 2.96. The zero-order valence-corrected chi connectivity index (χ0v) is 19.8. The van der Waals surface area contributed by atoms with E-state index in [1.807, 2.05) is 62.4 Å². The topological polar surface area (TPSA) is 104 Å². The van der Waals surface area contributed by atoms with E-state index in [9.17, 15) is 14.4 Å². The molecule has 8 heteroatoms. The number of amides is 3. The molecule has 0 unspecified atom stereocenters. The normalized spacial score (nSPS) is 19.1. The zero-order valence-electron chi connectivity index (χ0n) is 19.8. The van der Waals surface area contributed by atoms with Crippen molar-refractivity contribution in [2.45, 2.75) is 44.6 Å². The first-order valence-corrected chi connectivity index (χ1v) is 11.5. The van der Waals surface area contributed by atoms with Crippen molar-refractivity contribution in [2.24, 2.45) is 0 Å². The van der Waals surface area contributed by atoms with Crippen LogP contribution in [-0.4, -0.2) is 52.9 Å². The summed E-state index contributed by atoms with van der Waals surface area (Å²) in [6, 6.07) is 14.6. The van der Waals surface area contributed by atoms with E-state index in [0.29, 0.717) is 24.4 Å². The maximum atomic E-state index is 13.5. The van der Waals surface area contributed by atoms with Crippen LogP contribution in [0.3, 0.4) is 0 Å². The molecule has 1 aliphatic heterocycles. The minimum Gasteiger partial charge on any atom is -0.385 e. The van der Waals surface area contributed by atoms with E-state index in [1.165, 1.54) is 4.90 Å². The summed E-state index contributed by atoms with van der Waals surface area (Å²) in [4.78, 5) is 48.7. The molecule has 1 saturated heterocycles. The molecule has 4 rings (SSSR count). The quantitative estimate of drug-likeness (QED) is 0.375. The minimum absolute atomic E-state index is 0.0332. The van der Waals surface area contributed by atoms with Crippen molar-refractivity contribution in [3.05, 3.63) is 65.5 Å². The second-order valence-electron chi connectivity index (χ2n) is 8.93. The molecule has 1 fully saturated rings. The highest BCUT2D eigenvalue weighted by Crippen LogP contribution is 2.40. The fourth-order valence-corrected chi connectivity index (χ4v) is 4.60. The summed E-state index contributed by atoms with van der Waals surface area (Å²) in [6.45, 7) is 4.57. The lowest BCUT2D eigenvalue weighted by Gasteiger charge is -2.27. The van der Waals surface area contributed by atoms with E-state index in [0.717, 1.165) is 16.6 Å². The lowest BCUT2D eigenvalue weighted by molar-refractivity contribution is -0.141. The van der Waals surface area contributed by atoms with Crippen molar-refractivity contribution in [1.82, 2.24) is 20.2 Å². The zero-order chi connectivity index (χ0) is 24.3. The Bertz CT molecular complexity index is 1210. The predicted molar refractivity (Wildman–Crippen MR) is 128 cm³/mol. The lowest BCUT2D eigenvalue weighted by Crippen LogP contribution is -2.43. The average molecular weight is 463 g/mol. The summed E-state index contributed by atoms with van der Waals surface area (Å²) >= 11 is 0. The number of likely N-dealkylation sites (tertiary alicyclic amines) is 1. The largest absolute Gasteiger partial charge is 0.385 e. The molecular formula is C26H30N4O4. The Labute approximate surface area is 198 Å². The van der Waals surface area contributed by atoms with Gasteiger partial charge in [0.2, 0.25) is 17.7 Å². The highest BCUT2D eigenvalue weighted by Gasteiger charge is 2.53. The van der Waals surface area contributed by atoms with Gasteiger partial charge in [-0.1, -0.05) is 36.4 Å². The van der Waals surface area contributed by atoms with Crippen molar-refractivity contribution in [2.75, 3.05) is 20.3 Å². The van der Waals surface area contributed by atoms with Gasteiger partial charge < -0.3 is 15.0 Å². The number of aromatic nitrogens is 2. The molecule has 2 N–H and O–H groups in total. The number of nitrogens with zero attached hydrogens (tertiary/aromatic N) is 2. The predicted octanol–water partition coefficient (Wildman–Crippen LogP) is 3.17. The molecule has 0 saturated carbocycles. The van der Waals surface area contributed by atoms with Crippen molar-refractivity contribution in [3.63, 3.8) is 0 Å². The van der Waals surface area contributed by atoms with E-state index in [1.54, 1.807) is 7.11 Å². The third-order valence-corrected chi connectivity index (χ3v) is 6.37. The molecule has 178 valence electrons. The number of imidazole rings is 1. The highest BCUT2D eigenvalue weighted by atomic mass is 16.5. The number of H-pyrrole nitrogens is 1. The first-order valence-electron chi connectivity index (χ1n) is 11.5. The van der Waals surface area contributed by atoms with Crippen LogP contribution in [0.4, 0.5) is 0 Å². The van der Waals surface area contributed by atoms with E-state index in [4.69, 9.17) is 4.74 Å². The van der Waals surface area contributed by atoms with Gasteiger partial charge in [0, 0.05) is 33.1 Å². The SMILES string of the molecule is COCCCN1C(=O)C[C@@](CC(=O)N[C@@H](C)c2nc3ccc(C)cc3[nH]2)(c2ccccc2)C1=O. The first kappa shape index (κ1) is 23.6. The maximum absolute atomic E-state index is 13.5. The van der Waals surface area contributed by atoms with Crippen LogP contribution >= 0.6 is 0 Å². The third kappa shape index (κ3) is 4.59. The van der Waals surface area contributed by atoms with Crippen molar-refractivity contribution >= 4 is 28.8 Å². The van der Waals surface area contributed by atoms with Gasteiger partial charge in [-0.15, -0.1) is 0 Å². The van der Waals surface area contributed by atoms with Crippen molar-refractivity contribution in [1.29, 1.82) is 0 Å². The Kier molecular flexibility index (Phi) is 6.79. The Morgan fingerprint density at radius 2 is 2.00 bits per heavy atom. The van der Waals surface area contributed by atoms with Crippen LogP contribution in [-0.2, 0) is 24.5 Å². The average Bonchev–Trinajstić information content (AvgIpc) is 3.34. The number of methoxy groups -OCH3 is 1. The molecule has 1 aliphatic rings. The van der Waals surface area contributed by atoms with Gasteiger partial charge in [0.15, 0.2) is 0 Å². The maximum Gasteiger partial charge on any atom is 0.240 e. The molecule has 3 aromatic rings. The lowest BCUT2D eigenvalue weighted by atomic mass is 9.75. The van der Waals surface area contributed by atoms with Gasteiger partial charge in [-0.3, -0.25) is 19.3 Å². The van der Waals surface area contributed by atoms with Crippen LogP contribution in [0, 0.1) is 6.92 Å². The van der Waals surface area contributed by atoms with Crippen LogP contribution < -0.4 is 5.32 Å². The Balaban J connectivity index is 1.55. The van der Waals surface area contributed by atoms with Crippen molar-refractivity contribution < 1.29 is 19.1 Å². The Morgan fingerprint density at radius 3 is 2.74 bits per heavy atom. The number of imide groups is 1. The van der Waals surface area contributed by atoms with E-state index >= 15 is 0 Å². The fraction of sp³-hybridized carbons (Fsp3) is 0.385. The van der Waals surface area contributed by atoms with Gasteiger partial charge >= 0.3 is 0 Å². The van der Waals surface area contributed by atoms with Gasteiger partial charge in [-0.25, -0.2) is 4.98 Å². The summed E-state index contributed by atoms with van der Waals surface area (Å²) < 4.78 is 5.07. The molecule has 2 aromatic carbocycles. The molecule has 0 bridgehead atoms.